The van der Waals surface area contributed by atoms with Crippen LogP contribution in [0.5, 0.6) is 0 Å². The van der Waals surface area contributed by atoms with Crippen LogP contribution in [0.1, 0.15) is 110 Å². The largest absolute Gasteiger partial charge is 0.315 e. The number of piperazine rings is 1. The predicted octanol–water partition coefficient (Wildman–Crippen LogP) is 5.74. The van der Waals surface area contributed by atoms with E-state index >= 15 is 0 Å². The van der Waals surface area contributed by atoms with Gasteiger partial charge in [-0.1, -0.05) is 103 Å². The van der Waals surface area contributed by atoms with Gasteiger partial charge in [0, 0.05) is 39.3 Å². The van der Waals surface area contributed by atoms with E-state index in [2.05, 4.69) is 22.5 Å². The molecule has 3 heteroatoms. The number of rotatable bonds is 20. The molecule has 0 aliphatic carbocycles. The Balaban J connectivity index is 1.64. The fourth-order valence-electron chi connectivity index (χ4n) is 4.10. The summed E-state index contributed by atoms with van der Waals surface area (Å²) in [5.41, 5.74) is 0. The molecule has 1 aliphatic heterocycles. The van der Waals surface area contributed by atoms with Crippen molar-refractivity contribution >= 4 is 0 Å². The number of unbranched alkanes of at least 4 members (excludes halogenated alkanes) is 15. The van der Waals surface area contributed by atoms with Crippen LogP contribution in [0.4, 0.5) is 0 Å². The van der Waals surface area contributed by atoms with Gasteiger partial charge in [-0.2, -0.15) is 0 Å². The molecule has 3 nitrogen and oxygen atoms in total. The Hall–Kier alpha value is -0.120. The fourth-order valence-corrected chi connectivity index (χ4v) is 4.10. The van der Waals surface area contributed by atoms with Crippen LogP contribution in [-0.2, 0) is 0 Å². The summed E-state index contributed by atoms with van der Waals surface area (Å²) in [6.07, 6.45) is 23.2. The monoisotopic (exact) mass is 381 g/mol. The highest BCUT2D eigenvalue weighted by Gasteiger charge is 2.07. The number of hydrogen-bond donors (Lipinski definition) is 2. The van der Waals surface area contributed by atoms with Crippen LogP contribution in [-0.4, -0.2) is 50.7 Å². The molecule has 1 fully saturated rings. The molecular formula is C24H51N3. The van der Waals surface area contributed by atoms with Crippen LogP contribution in [0.25, 0.3) is 0 Å². The van der Waals surface area contributed by atoms with E-state index in [-0.39, 0.29) is 0 Å². The zero-order chi connectivity index (χ0) is 19.3. The van der Waals surface area contributed by atoms with E-state index in [0.29, 0.717) is 0 Å². The Bertz CT molecular complexity index is 277. The molecule has 0 aromatic carbocycles. The third kappa shape index (κ3) is 17.7. The highest BCUT2D eigenvalue weighted by molar-refractivity contribution is 4.68. The van der Waals surface area contributed by atoms with Crippen LogP contribution in [0.15, 0.2) is 0 Å². The molecule has 1 heterocycles. The molecule has 2 N–H and O–H groups in total. The summed E-state index contributed by atoms with van der Waals surface area (Å²) in [6.45, 7) is 10.7. The van der Waals surface area contributed by atoms with Crippen LogP contribution in [0.3, 0.4) is 0 Å². The molecule has 162 valence electrons. The zero-order valence-electron chi connectivity index (χ0n) is 18.7. The molecule has 1 saturated heterocycles. The molecule has 1 rings (SSSR count). The van der Waals surface area contributed by atoms with Gasteiger partial charge in [-0.3, -0.25) is 4.90 Å². The summed E-state index contributed by atoms with van der Waals surface area (Å²) >= 11 is 0. The Morgan fingerprint density at radius 1 is 0.593 bits per heavy atom. The van der Waals surface area contributed by atoms with Crippen molar-refractivity contribution in [1.29, 1.82) is 0 Å². The minimum absolute atomic E-state index is 1.17. The first kappa shape index (κ1) is 24.9. The number of nitrogens with zero attached hydrogens (tertiary/aromatic N) is 1. The lowest BCUT2D eigenvalue weighted by Crippen LogP contribution is -2.45. The smallest absolute Gasteiger partial charge is 0.0108 e. The van der Waals surface area contributed by atoms with Crippen molar-refractivity contribution in [3.8, 4) is 0 Å². The first-order valence-corrected chi connectivity index (χ1v) is 12.6. The lowest BCUT2D eigenvalue weighted by Gasteiger charge is -2.27. The van der Waals surface area contributed by atoms with E-state index < -0.39 is 0 Å². The second-order valence-corrected chi connectivity index (χ2v) is 8.64. The maximum Gasteiger partial charge on any atom is 0.0108 e. The van der Waals surface area contributed by atoms with Gasteiger partial charge in [0.15, 0.2) is 0 Å². The summed E-state index contributed by atoms with van der Waals surface area (Å²) in [6, 6.07) is 0. The molecule has 0 unspecified atom stereocenters. The average molecular weight is 382 g/mol. The van der Waals surface area contributed by atoms with E-state index in [1.807, 2.05) is 0 Å². The predicted molar refractivity (Wildman–Crippen MR) is 122 cm³/mol. The standard InChI is InChI=1S/C24H51N3/c1-2-3-4-5-6-7-8-9-10-11-12-13-14-15-16-17-18-25-19-22-27-23-20-26-21-24-27/h25-26H,2-24H2,1H3. The summed E-state index contributed by atoms with van der Waals surface area (Å²) < 4.78 is 0. The van der Waals surface area contributed by atoms with Gasteiger partial charge >= 0.3 is 0 Å². The average Bonchev–Trinajstić information content (AvgIpc) is 2.70. The highest BCUT2D eigenvalue weighted by Crippen LogP contribution is 2.13. The van der Waals surface area contributed by atoms with Crippen molar-refractivity contribution in [2.45, 2.75) is 110 Å². The Kier molecular flexibility index (Phi) is 19.0. The molecule has 0 atom stereocenters. The van der Waals surface area contributed by atoms with Gasteiger partial charge in [0.2, 0.25) is 0 Å². The lowest BCUT2D eigenvalue weighted by molar-refractivity contribution is 0.241. The highest BCUT2D eigenvalue weighted by atomic mass is 15.2. The molecule has 1 aliphatic rings. The molecule has 0 bridgehead atoms. The van der Waals surface area contributed by atoms with Crippen LogP contribution in [0, 0.1) is 0 Å². The quantitative estimate of drug-likeness (QED) is 0.263. The minimum Gasteiger partial charge on any atom is -0.315 e. The molecule has 0 spiro atoms. The molecule has 0 amide bonds. The summed E-state index contributed by atoms with van der Waals surface area (Å²) in [5, 5.41) is 7.03. The van der Waals surface area contributed by atoms with Gasteiger partial charge in [0.25, 0.3) is 0 Å². The fraction of sp³-hybridized carbons (Fsp3) is 1.00. The molecule has 0 aromatic rings. The third-order valence-electron chi connectivity index (χ3n) is 6.02. The van der Waals surface area contributed by atoms with E-state index in [1.54, 1.807) is 0 Å². The summed E-state index contributed by atoms with van der Waals surface area (Å²) in [4.78, 5) is 2.57. The van der Waals surface area contributed by atoms with Crippen molar-refractivity contribution < 1.29 is 0 Å². The van der Waals surface area contributed by atoms with E-state index in [9.17, 15) is 0 Å². The maximum absolute atomic E-state index is 3.62. The maximum atomic E-state index is 3.62. The van der Waals surface area contributed by atoms with Gasteiger partial charge in [-0.15, -0.1) is 0 Å². The van der Waals surface area contributed by atoms with Crippen LogP contribution in [0.2, 0.25) is 0 Å². The summed E-state index contributed by atoms with van der Waals surface area (Å²) in [7, 11) is 0. The number of nitrogens with one attached hydrogen (secondary N) is 2. The van der Waals surface area contributed by atoms with Crippen molar-refractivity contribution in [2.24, 2.45) is 0 Å². The second-order valence-electron chi connectivity index (χ2n) is 8.64. The van der Waals surface area contributed by atoms with E-state index in [0.717, 1.165) is 0 Å². The molecular weight excluding hydrogens is 330 g/mol. The van der Waals surface area contributed by atoms with E-state index in [1.165, 1.54) is 149 Å². The van der Waals surface area contributed by atoms with Crippen molar-refractivity contribution in [3.05, 3.63) is 0 Å². The normalized spacial score (nSPS) is 15.4. The van der Waals surface area contributed by atoms with Crippen molar-refractivity contribution in [3.63, 3.8) is 0 Å². The Morgan fingerprint density at radius 2 is 1.04 bits per heavy atom. The lowest BCUT2D eigenvalue weighted by atomic mass is 10.0. The Morgan fingerprint density at radius 3 is 1.52 bits per heavy atom. The molecule has 0 saturated carbocycles. The van der Waals surface area contributed by atoms with E-state index in [4.69, 9.17) is 0 Å². The van der Waals surface area contributed by atoms with Crippen molar-refractivity contribution in [2.75, 3.05) is 45.8 Å². The summed E-state index contributed by atoms with van der Waals surface area (Å²) in [5.74, 6) is 0. The first-order valence-electron chi connectivity index (χ1n) is 12.6. The van der Waals surface area contributed by atoms with Gasteiger partial charge in [0.05, 0.1) is 0 Å². The van der Waals surface area contributed by atoms with Gasteiger partial charge < -0.3 is 10.6 Å². The molecule has 27 heavy (non-hydrogen) atoms. The second kappa shape index (κ2) is 20.6. The third-order valence-corrected chi connectivity index (χ3v) is 6.02. The van der Waals surface area contributed by atoms with Gasteiger partial charge in [-0.05, 0) is 13.0 Å². The Labute approximate surface area is 171 Å². The SMILES string of the molecule is CCCCCCCCCCCCCCCCCCNCCN1CCNCC1. The van der Waals surface area contributed by atoms with Crippen LogP contribution >= 0.6 is 0 Å². The minimum atomic E-state index is 1.17. The zero-order valence-corrected chi connectivity index (χ0v) is 18.7. The molecule has 0 aromatic heterocycles. The van der Waals surface area contributed by atoms with Gasteiger partial charge in [-0.25, -0.2) is 0 Å². The number of hydrogen-bond acceptors (Lipinski definition) is 3. The van der Waals surface area contributed by atoms with Crippen LogP contribution < -0.4 is 10.6 Å². The van der Waals surface area contributed by atoms with Crippen molar-refractivity contribution in [1.82, 2.24) is 15.5 Å². The molecule has 0 radical (unpaired) electrons. The first-order chi connectivity index (χ1) is 13.4. The van der Waals surface area contributed by atoms with Gasteiger partial charge in [0.1, 0.15) is 0 Å². The topological polar surface area (TPSA) is 27.3 Å².